The van der Waals surface area contributed by atoms with Crippen molar-refractivity contribution in [3.63, 3.8) is 0 Å². The first kappa shape index (κ1) is 44.2. The van der Waals surface area contributed by atoms with Crippen LogP contribution in [0.25, 0.3) is 0 Å². The third-order valence-electron chi connectivity index (χ3n) is 8.25. The van der Waals surface area contributed by atoms with Gasteiger partial charge in [-0.15, -0.1) is 0 Å². The Morgan fingerprint density at radius 3 is 1.73 bits per heavy atom. The fraction of sp³-hybridized carbons (Fsp3) is 0.917. The van der Waals surface area contributed by atoms with Crippen molar-refractivity contribution in [2.75, 3.05) is 40.9 Å². The van der Waals surface area contributed by atoms with Gasteiger partial charge in [0.25, 0.3) is 7.82 Å². The van der Waals surface area contributed by atoms with Crippen LogP contribution in [0.2, 0.25) is 0 Å². The quantitative estimate of drug-likeness (QED) is 0.0316. The van der Waals surface area contributed by atoms with E-state index in [1.807, 2.05) is 21.1 Å². The van der Waals surface area contributed by atoms with Crippen LogP contribution in [0.3, 0.4) is 0 Å². The number of nitrogens with zero attached hydrogens (tertiary/aromatic N) is 1. The number of aliphatic hydroxyl groups excluding tert-OH is 1. The molecule has 0 aromatic carbocycles. The van der Waals surface area contributed by atoms with Gasteiger partial charge in [0, 0.05) is 6.42 Å². The molecule has 0 aromatic rings. The highest BCUT2D eigenvalue weighted by atomic mass is 31.2. The van der Waals surface area contributed by atoms with Crippen molar-refractivity contribution >= 4 is 13.7 Å². The lowest BCUT2D eigenvalue weighted by atomic mass is 10.0. The van der Waals surface area contributed by atoms with E-state index in [2.05, 4.69) is 31.3 Å². The van der Waals surface area contributed by atoms with Crippen LogP contribution in [0.5, 0.6) is 0 Å². The number of allylic oxidation sites excluding steroid dienone is 2. The van der Waals surface area contributed by atoms with Gasteiger partial charge in [0.1, 0.15) is 13.2 Å². The van der Waals surface area contributed by atoms with Crippen LogP contribution in [-0.4, -0.2) is 68.5 Å². The monoisotopic (exact) mass is 661 g/mol. The van der Waals surface area contributed by atoms with E-state index in [0.717, 1.165) is 51.4 Å². The highest BCUT2D eigenvalue weighted by molar-refractivity contribution is 7.45. The molecular formula is C36H73N2O6P. The molecule has 0 saturated heterocycles. The first-order valence-corrected chi connectivity index (χ1v) is 20.0. The zero-order chi connectivity index (χ0) is 33.7. The molecular weight excluding hydrogens is 587 g/mol. The van der Waals surface area contributed by atoms with Crippen LogP contribution in [0, 0.1) is 0 Å². The summed E-state index contributed by atoms with van der Waals surface area (Å²) in [5.41, 5.74) is 0. The lowest BCUT2D eigenvalue weighted by molar-refractivity contribution is -0.870. The van der Waals surface area contributed by atoms with Crippen LogP contribution < -0.4 is 10.2 Å². The maximum absolute atomic E-state index is 12.7. The van der Waals surface area contributed by atoms with Gasteiger partial charge in [-0.25, -0.2) is 0 Å². The van der Waals surface area contributed by atoms with Crippen molar-refractivity contribution in [1.29, 1.82) is 0 Å². The molecule has 1 amide bonds. The summed E-state index contributed by atoms with van der Waals surface area (Å²) in [7, 11) is 1.30. The minimum atomic E-state index is -4.55. The summed E-state index contributed by atoms with van der Waals surface area (Å²) in [6, 6.07) is -0.797. The topological polar surface area (TPSA) is 108 Å². The van der Waals surface area contributed by atoms with Crippen molar-refractivity contribution in [3.8, 4) is 0 Å². The molecule has 0 aliphatic rings. The van der Waals surface area contributed by atoms with Gasteiger partial charge in [0.2, 0.25) is 5.91 Å². The molecule has 8 nitrogen and oxygen atoms in total. The molecule has 0 rings (SSSR count). The van der Waals surface area contributed by atoms with E-state index >= 15 is 0 Å². The molecule has 3 unspecified atom stereocenters. The van der Waals surface area contributed by atoms with Crippen molar-refractivity contribution in [3.05, 3.63) is 12.2 Å². The molecule has 0 heterocycles. The Bertz CT molecular complexity index is 758. The molecule has 2 N–H and O–H groups in total. The van der Waals surface area contributed by atoms with Crippen LogP contribution >= 0.6 is 7.82 Å². The molecule has 0 fully saturated rings. The number of unbranched alkanes of at least 4 members (excludes halogenated alkanes) is 18. The molecule has 268 valence electrons. The number of phosphoric ester groups is 1. The molecule has 0 aliphatic carbocycles. The zero-order valence-corrected chi connectivity index (χ0v) is 31.0. The van der Waals surface area contributed by atoms with E-state index in [1.165, 1.54) is 83.5 Å². The fourth-order valence-corrected chi connectivity index (χ4v) is 5.93. The number of likely N-dealkylation sites (N-methyl/N-ethyl adjacent to an activating group) is 1. The maximum atomic E-state index is 12.7. The molecule has 0 aliphatic heterocycles. The summed E-state index contributed by atoms with van der Waals surface area (Å²) in [5, 5.41) is 13.8. The molecule has 0 aromatic heterocycles. The summed E-state index contributed by atoms with van der Waals surface area (Å²) in [6.45, 7) is 4.65. The van der Waals surface area contributed by atoms with E-state index in [0.29, 0.717) is 23.9 Å². The van der Waals surface area contributed by atoms with Crippen molar-refractivity contribution in [1.82, 2.24) is 5.32 Å². The van der Waals surface area contributed by atoms with Gasteiger partial charge in [-0.1, -0.05) is 129 Å². The number of carbonyl (C=O) groups excluding carboxylic acids is 1. The molecule has 0 spiro atoms. The lowest BCUT2D eigenvalue weighted by Crippen LogP contribution is -2.46. The van der Waals surface area contributed by atoms with Crippen LogP contribution in [0.15, 0.2) is 12.2 Å². The van der Waals surface area contributed by atoms with Gasteiger partial charge < -0.3 is 28.8 Å². The second-order valence-corrected chi connectivity index (χ2v) is 15.3. The van der Waals surface area contributed by atoms with E-state index in [9.17, 15) is 19.4 Å². The van der Waals surface area contributed by atoms with E-state index in [4.69, 9.17) is 9.05 Å². The second-order valence-electron chi connectivity index (χ2n) is 13.9. The molecule has 0 saturated carbocycles. The van der Waals surface area contributed by atoms with Crippen molar-refractivity contribution < 1.29 is 32.9 Å². The number of hydrogen-bond donors (Lipinski definition) is 2. The average molecular weight is 661 g/mol. The predicted octanol–water partition coefficient (Wildman–Crippen LogP) is 8.61. The largest absolute Gasteiger partial charge is 0.756 e. The van der Waals surface area contributed by atoms with E-state index in [1.54, 1.807) is 0 Å². The molecule has 9 heteroatoms. The SMILES string of the molecule is CCCCCCC/C=C\CCCCCCCC(=O)NC(COP(=O)([O-])OCC[N+](C)(C)C)C(O)CCCCCCCCCCC. The Kier molecular flexibility index (Phi) is 28.9. The summed E-state index contributed by atoms with van der Waals surface area (Å²) >= 11 is 0. The summed E-state index contributed by atoms with van der Waals surface area (Å²) in [6.07, 6.45) is 29.2. The normalized spacial score (nSPS) is 14.9. The van der Waals surface area contributed by atoms with Gasteiger partial charge >= 0.3 is 0 Å². The minimum absolute atomic E-state index is 0.0116. The first-order chi connectivity index (χ1) is 21.5. The number of carbonyl (C=O) groups is 1. The number of hydrogen-bond acceptors (Lipinski definition) is 6. The highest BCUT2D eigenvalue weighted by Gasteiger charge is 2.24. The number of phosphoric acid groups is 1. The Morgan fingerprint density at radius 2 is 1.22 bits per heavy atom. The first-order valence-electron chi connectivity index (χ1n) is 18.5. The Morgan fingerprint density at radius 1 is 0.756 bits per heavy atom. The second kappa shape index (κ2) is 29.4. The van der Waals surface area contributed by atoms with Gasteiger partial charge in [0.05, 0.1) is 39.9 Å². The third kappa shape index (κ3) is 31.6. The van der Waals surface area contributed by atoms with E-state index in [-0.39, 0.29) is 19.1 Å². The van der Waals surface area contributed by atoms with Crippen LogP contribution in [-0.2, 0) is 18.4 Å². The number of amides is 1. The van der Waals surface area contributed by atoms with Gasteiger partial charge in [-0.2, -0.15) is 0 Å². The Labute approximate surface area is 278 Å². The van der Waals surface area contributed by atoms with Gasteiger partial charge in [-0.3, -0.25) is 9.36 Å². The lowest BCUT2D eigenvalue weighted by Gasteiger charge is -2.30. The molecule has 0 radical (unpaired) electrons. The standard InChI is InChI=1S/C36H73N2O6P/c1-6-8-10-12-14-16-17-18-19-20-22-24-26-28-30-36(40)37-34(33-44-45(41,42)43-32-31-38(3,4)5)35(39)29-27-25-23-21-15-13-11-9-7-2/h17-18,34-35,39H,6-16,19-33H2,1-5H3,(H-,37,40,41,42)/b18-17-. The summed E-state index contributed by atoms with van der Waals surface area (Å²) < 4.78 is 23.1. The minimum Gasteiger partial charge on any atom is -0.756 e. The van der Waals surface area contributed by atoms with Crippen LogP contribution in [0.4, 0.5) is 0 Å². The zero-order valence-electron chi connectivity index (χ0n) is 30.1. The van der Waals surface area contributed by atoms with E-state index < -0.39 is 20.0 Å². The summed E-state index contributed by atoms with van der Waals surface area (Å²) in [5.74, 6) is -0.178. The molecule has 45 heavy (non-hydrogen) atoms. The number of rotatable bonds is 33. The highest BCUT2D eigenvalue weighted by Crippen LogP contribution is 2.38. The van der Waals surface area contributed by atoms with Crippen molar-refractivity contribution in [2.45, 2.75) is 174 Å². The van der Waals surface area contributed by atoms with Crippen LogP contribution in [0.1, 0.15) is 162 Å². The van der Waals surface area contributed by atoms with Crippen molar-refractivity contribution in [2.24, 2.45) is 0 Å². The smallest absolute Gasteiger partial charge is 0.268 e. The fourth-order valence-electron chi connectivity index (χ4n) is 5.21. The Hall–Kier alpha value is -0.760. The maximum Gasteiger partial charge on any atom is 0.268 e. The molecule has 3 atom stereocenters. The number of nitrogens with one attached hydrogen (secondary N) is 1. The predicted molar refractivity (Wildman–Crippen MR) is 187 cm³/mol. The molecule has 0 bridgehead atoms. The number of quaternary nitrogens is 1. The Balaban J connectivity index is 4.46. The van der Waals surface area contributed by atoms with Gasteiger partial charge in [-0.05, 0) is 38.5 Å². The third-order valence-corrected chi connectivity index (χ3v) is 9.22. The van der Waals surface area contributed by atoms with Gasteiger partial charge in [0.15, 0.2) is 0 Å². The average Bonchev–Trinajstić information content (AvgIpc) is 2.97. The number of aliphatic hydroxyl groups is 1. The summed E-state index contributed by atoms with van der Waals surface area (Å²) in [4.78, 5) is 25.1.